The van der Waals surface area contributed by atoms with Crippen molar-refractivity contribution >= 4 is 34.2 Å². The van der Waals surface area contributed by atoms with Crippen LogP contribution in [0.1, 0.15) is 18.4 Å². The maximum atomic E-state index is 11.3. The summed E-state index contributed by atoms with van der Waals surface area (Å²) < 4.78 is 1.02. The molecule has 0 radical (unpaired) electrons. The second-order valence-corrected chi connectivity index (χ2v) is 4.11. The summed E-state index contributed by atoms with van der Waals surface area (Å²) in [6.07, 6.45) is 1.24. The summed E-state index contributed by atoms with van der Waals surface area (Å²) in [7, 11) is 0. The molecule has 1 aromatic rings. The molecule has 3 nitrogen and oxygen atoms in total. The first-order chi connectivity index (χ1) is 7.24. The van der Waals surface area contributed by atoms with Crippen LogP contribution in [-0.4, -0.2) is 12.5 Å². The summed E-state index contributed by atoms with van der Waals surface area (Å²) in [5, 5.41) is 2.85. The average Bonchev–Trinajstić information content (AvgIpc) is 2.25. The number of nitrogens with one attached hydrogen (secondary N) is 1. The molecule has 0 heterocycles. The van der Waals surface area contributed by atoms with Crippen molar-refractivity contribution in [3.05, 3.63) is 34.3 Å². The van der Waals surface area contributed by atoms with Crippen molar-refractivity contribution in [2.24, 2.45) is 5.73 Å². The van der Waals surface area contributed by atoms with Gasteiger partial charge in [-0.15, -0.1) is 12.4 Å². The van der Waals surface area contributed by atoms with E-state index in [1.807, 2.05) is 24.3 Å². The predicted molar refractivity (Wildman–Crippen MR) is 71.5 cm³/mol. The molecule has 0 unspecified atom stereocenters. The van der Waals surface area contributed by atoms with Gasteiger partial charge in [-0.3, -0.25) is 4.79 Å². The average molecular weight is 308 g/mol. The van der Waals surface area contributed by atoms with Crippen molar-refractivity contribution < 1.29 is 4.79 Å². The fraction of sp³-hybridized carbons (Fsp3) is 0.364. The highest BCUT2D eigenvalue weighted by atomic mass is 79.9. The third-order valence-corrected chi connectivity index (χ3v) is 2.82. The molecule has 16 heavy (non-hydrogen) atoms. The summed E-state index contributed by atoms with van der Waals surface area (Å²) >= 11 is 3.43. The SMILES string of the molecule is Cl.NCCCC(=O)NCc1ccccc1Br. The molecule has 3 N–H and O–H groups in total. The van der Waals surface area contributed by atoms with Crippen LogP contribution in [0.4, 0.5) is 0 Å². The lowest BCUT2D eigenvalue weighted by Crippen LogP contribution is -2.23. The first kappa shape index (κ1) is 15.4. The fourth-order valence-corrected chi connectivity index (χ4v) is 1.61. The zero-order valence-corrected chi connectivity index (χ0v) is 11.3. The van der Waals surface area contributed by atoms with E-state index in [0.29, 0.717) is 19.5 Å². The Kier molecular flexibility index (Phi) is 8.25. The molecule has 0 bridgehead atoms. The number of hydrogen-bond acceptors (Lipinski definition) is 2. The topological polar surface area (TPSA) is 55.1 Å². The minimum absolute atomic E-state index is 0. The van der Waals surface area contributed by atoms with Gasteiger partial charge in [0.1, 0.15) is 0 Å². The third kappa shape index (κ3) is 5.49. The molecule has 0 atom stereocenters. The first-order valence-corrected chi connectivity index (χ1v) is 5.73. The first-order valence-electron chi connectivity index (χ1n) is 4.94. The van der Waals surface area contributed by atoms with Gasteiger partial charge in [-0.05, 0) is 24.6 Å². The molecule has 0 spiro atoms. The van der Waals surface area contributed by atoms with Gasteiger partial charge in [0.05, 0.1) is 0 Å². The zero-order valence-electron chi connectivity index (χ0n) is 8.91. The number of rotatable bonds is 5. The van der Waals surface area contributed by atoms with Crippen LogP contribution in [0.15, 0.2) is 28.7 Å². The molecule has 1 amide bonds. The van der Waals surface area contributed by atoms with Crippen LogP contribution >= 0.6 is 28.3 Å². The number of carbonyl (C=O) groups is 1. The number of benzene rings is 1. The van der Waals surface area contributed by atoms with Crippen molar-refractivity contribution in [2.75, 3.05) is 6.54 Å². The lowest BCUT2D eigenvalue weighted by atomic mass is 10.2. The van der Waals surface area contributed by atoms with Crippen molar-refractivity contribution in [3.8, 4) is 0 Å². The molecule has 0 aliphatic heterocycles. The summed E-state index contributed by atoms with van der Waals surface area (Å²) in [6.45, 7) is 1.12. The molecule has 0 fully saturated rings. The highest BCUT2D eigenvalue weighted by molar-refractivity contribution is 9.10. The van der Waals surface area contributed by atoms with Gasteiger partial charge in [0.25, 0.3) is 0 Å². The normalized spacial score (nSPS) is 9.38. The Balaban J connectivity index is 0.00000225. The van der Waals surface area contributed by atoms with Gasteiger partial charge in [0.15, 0.2) is 0 Å². The van der Waals surface area contributed by atoms with Crippen molar-refractivity contribution in [1.82, 2.24) is 5.32 Å². The highest BCUT2D eigenvalue weighted by Gasteiger charge is 2.02. The van der Waals surface area contributed by atoms with Crippen LogP contribution in [-0.2, 0) is 11.3 Å². The fourth-order valence-electron chi connectivity index (χ4n) is 1.19. The summed E-state index contributed by atoms with van der Waals surface area (Å²) in [5.41, 5.74) is 6.40. The molecular weight excluding hydrogens is 291 g/mol. The molecule has 0 saturated carbocycles. The number of carbonyl (C=O) groups excluding carboxylic acids is 1. The van der Waals surface area contributed by atoms with Gasteiger partial charge in [0.2, 0.25) is 5.91 Å². The van der Waals surface area contributed by atoms with Crippen molar-refractivity contribution in [3.63, 3.8) is 0 Å². The number of halogens is 2. The smallest absolute Gasteiger partial charge is 0.220 e. The summed E-state index contributed by atoms with van der Waals surface area (Å²) in [5.74, 6) is 0.0520. The Labute approximate surface area is 110 Å². The largest absolute Gasteiger partial charge is 0.352 e. The second kappa shape index (κ2) is 8.56. The molecule has 1 rings (SSSR count). The van der Waals surface area contributed by atoms with Crippen LogP contribution in [0.3, 0.4) is 0 Å². The van der Waals surface area contributed by atoms with E-state index in [-0.39, 0.29) is 18.3 Å². The van der Waals surface area contributed by atoms with E-state index >= 15 is 0 Å². The minimum atomic E-state index is 0. The van der Waals surface area contributed by atoms with Gasteiger partial charge < -0.3 is 11.1 Å². The lowest BCUT2D eigenvalue weighted by Gasteiger charge is -2.06. The lowest BCUT2D eigenvalue weighted by molar-refractivity contribution is -0.121. The molecule has 0 aromatic heterocycles. The number of nitrogens with two attached hydrogens (primary N) is 1. The van der Waals surface area contributed by atoms with Gasteiger partial charge in [-0.1, -0.05) is 34.1 Å². The minimum Gasteiger partial charge on any atom is -0.352 e. The maximum Gasteiger partial charge on any atom is 0.220 e. The molecule has 90 valence electrons. The van der Waals surface area contributed by atoms with E-state index in [1.165, 1.54) is 0 Å². The van der Waals surface area contributed by atoms with Crippen LogP contribution in [0.25, 0.3) is 0 Å². The Morgan fingerprint density at radius 1 is 1.38 bits per heavy atom. The zero-order chi connectivity index (χ0) is 11.1. The van der Waals surface area contributed by atoms with Crippen molar-refractivity contribution in [1.29, 1.82) is 0 Å². The van der Waals surface area contributed by atoms with Gasteiger partial charge in [-0.2, -0.15) is 0 Å². The van der Waals surface area contributed by atoms with Crippen molar-refractivity contribution in [2.45, 2.75) is 19.4 Å². The Hall–Kier alpha value is -0.580. The van der Waals surface area contributed by atoms with Crippen LogP contribution in [0.2, 0.25) is 0 Å². The standard InChI is InChI=1S/C11H15BrN2O.ClH/c12-10-5-2-1-4-9(10)8-14-11(15)6-3-7-13;/h1-2,4-5H,3,6-8,13H2,(H,14,15);1H. The summed E-state index contributed by atoms with van der Waals surface area (Å²) in [6, 6.07) is 7.84. The molecule has 0 aliphatic rings. The quantitative estimate of drug-likeness (QED) is 0.876. The molecule has 0 saturated heterocycles. The van der Waals surface area contributed by atoms with Crippen LogP contribution < -0.4 is 11.1 Å². The number of amides is 1. The molecular formula is C11H16BrClN2O. The Morgan fingerprint density at radius 3 is 2.69 bits per heavy atom. The Bertz CT molecular complexity index is 334. The van der Waals surface area contributed by atoms with Crippen LogP contribution in [0.5, 0.6) is 0 Å². The maximum absolute atomic E-state index is 11.3. The van der Waals surface area contributed by atoms with Gasteiger partial charge in [0, 0.05) is 17.4 Å². The number of hydrogen-bond donors (Lipinski definition) is 2. The summed E-state index contributed by atoms with van der Waals surface area (Å²) in [4.78, 5) is 11.3. The van der Waals surface area contributed by atoms with Gasteiger partial charge in [-0.25, -0.2) is 0 Å². The van der Waals surface area contributed by atoms with E-state index < -0.39 is 0 Å². The van der Waals surface area contributed by atoms with E-state index in [2.05, 4.69) is 21.2 Å². The second-order valence-electron chi connectivity index (χ2n) is 3.26. The van der Waals surface area contributed by atoms with E-state index in [4.69, 9.17) is 5.73 Å². The molecule has 1 aromatic carbocycles. The third-order valence-electron chi connectivity index (χ3n) is 2.04. The van der Waals surface area contributed by atoms with Gasteiger partial charge >= 0.3 is 0 Å². The predicted octanol–water partition coefficient (Wildman–Crippen LogP) is 2.23. The molecule has 5 heteroatoms. The van der Waals surface area contributed by atoms with Crippen LogP contribution in [0, 0.1) is 0 Å². The van der Waals surface area contributed by atoms with E-state index in [0.717, 1.165) is 16.5 Å². The Morgan fingerprint density at radius 2 is 2.06 bits per heavy atom. The monoisotopic (exact) mass is 306 g/mol. The van der Waals surface area contributed by atoms with E-state index in [1.54, 1.807) is 0 Å². The highest BCUT2D eigenvalue weighted by Crippen LogP contribution is 2.15. The van der Waals surface area contributed by atoms with E-state index in [9.17, 15) is 4.79 Å². The molecule has 0 aliphatic carbocycles.